The van der Waals surface area contributed by atoms with Crippen LogP contribution in [0.4, 0.5) is 56.9 Å². The maximum absolute atomic E-state index is 12.2. The van der Waals surface area contributed by atoms with Gasteiger partial charge in [0.05, 0.1) is 39.8 Å². The van der Waals surface area contributed by atoms with Crippen molar-refractivity contribution in [1.29, 1.82) is 0 Å². The number of para-hydroxylation sites is 1. The van der Waals surface area contributed by atoms with Crippen molar-refractivity contribution in [2.24, 2.45) is 30.7 Å². The summed E-state index contributed by atoms with van der Waals surface area (Å²) in [5.74, 6) is -1.62. The number of nitrogens with two attached hydrogens (primary N) is 2. The summed E-state index contributed by atoms with van der Waals surface area (Å²) >= 11 is 0. The minimum Gasteiger partial charge on any atom is -0.507 e. The predicted octanol–water partition coefficient (Wildman–Crippen LogP) is 7.47. The molecule has 0 radical (unpaired) electrons. The molecule has 0 saturated heterocycles. The van der Waals surface area contributed by atoms with E-state index in [-0.39, 0.29) is 80.7 Å². The van der Waals surface area contributed by atoms with Crippen molar-refractivity contribution in [2.75, 3.05) is 16.8 Å². The van der Waals surface area contributed by atoms with E-state index in [1.165, 1.54) is 36.4 Å². The van der Waals surface area contributed by atoms with Gasteiger partial charge in [0.2, 0.25) is 0 Å². The number of carboxylic acid groups (broad SMARTS) is 1. The average molecular weight is 765 g/mol. The second kappa shape index (κ2) is 17.2. The number of aryl methyl sites for hydroxylation is 1. The number of hydrogen-bond donors (Lipinski definition) is 6. The Balaban J connectivity index is 0.00000580. The summed E-state index contributed by atoms with van der Waals surface area (Å²) < 4.78 is 34.3. The number of nitrogens with zero attached hydrogens (tertiary/aromatic N) is 6. The molecule has 0 heterocycles. The molecule has 0 atom stereocenters. The number of rotatable bonds is 11. The maximum Gasteiger partial charge on any atom is 1.00 e. The van der Waals surface area contributed by atoms with Crippen LogP contribution in [0.5, 0.6) is 5.75 Å². The van der Waals surface area contributed by atoms with Crippen LogP contribution in [0.25, 0.3) is 11.1 Å². The molecule has 6 rings (SSSR count). The molecule has 55 heavy (non-hydrogen) atoms. The Hall–Kier alpha value is -6.30. The molecule has 0 aliphatic rings. The Kier molecular flexibility index (Phi) is 12.5. The third-order valence-corrected chi connectivity index (χ3v) is 8.85. The standard InChI is InChI=1S/C38H31N9O6S.Na/c1-22-19-32(36(40)37(35(22)39)47-45-29-15-17-31(34(21-29)54(51,52)53)41-25-5-3-2-4-6-25)46-43-27-13-9-24(10-14-27)23-7-11-26(12-8-23)42-44-28-16-18-33(48)30(20-28)38(49)50;/h2-21,41,48H,39-40H2,1H3,(H,49,50)(H,51,52,53);/q;+1. The number of phenols is 1. The van der Waals surface area contributed by atoms with Crippen molar-refractivity contribution < 1.29 is 57.5 Å². The minimum atomic E-state index is -4.63. The number of nitrogens with one attached hydrogen (secondary N) is 1. The molecule has 0 aliphatic heterocycles. The van der Waals surface area contributed by atoms with E-state index in [0.29, 0.717) is 22.6 Å². The summed E-state index contributed by atoms with van der Waals surface area (Å²) in [5, 5.41) is 47.1. The molecule has 6 aromatic rings. The van der Waals surface area contributed by atoms with Gasteiger partial charge in [0, 0.05) is 5.69 Å². The zero-order valence-corrected chi connectivity index (χ0v) is 32.2. The second-order valence-corrected chi connectivity index (χ2v) is 13.1. The van der Waals surface area contributed by atoms with Gasteiger partial charge in [-0.05, 0) is 102 Å². The molecule has 0 unspecified atom stereocenters. The average Bonchev–Trinajstić information content (AvgIpc) is 3.16. The summed E-state index contributed by atoms with van der Waals surface area (Å²) in [4.78, 5) is 10.9. The normalized spacial score (nSPS) is 11.6. The Morgan fingerprint density at radius 2 is 1.18 bits per heavy atom. The van der Waals surface area contributed by atoms with Gasteiger partial charge in [-0.15, -0.1) is 10.2 Å². The minimum absolute atomic E-state index is 0. The zero-order chi connectivity index (χ0) is 38.4. The number of anilines is 4. The fraction of sp³-hybridized carbons (Fsp3) is 0.0263. The molecule has 0 spiro atoms. The van der Waals surface area contributed by atoms with Gasteiger partial charge >= 0.3 is 35.5 Å². The molecule has 8 N–H and O–H groups in total. The van der Waals surface area contributed by atoms with E-state index in [1.807, 2.05) is 30.3 Å². The van der Waals surface area contributed by atoms with Crippen molar-refractivity contribution in [3.63, 3.8) is 0 Å². The second-order valence-electron chi connectivity index (χ2n) is 11.7. The van der Waals surface area contributed by atoms with E-state index in [1.54, 1.807) is 61.5 Å². The Bertz CT molecular complexity index is 2570. The first-order valence-electron chi connectivity index (χ1n) is 16.0. The number of azo groups is 3. The number of carbonyl (C=O) groups is 1. The molecular formula is C38H31N9NaO6S+. The van der Waals surface area contributed by atoms with Crippen LogP contribution in [0.15, 0.2) is 157 Å². The largest absolute Gasteiger partial charge is 1.00 e. The van der Waals surface area contributed by atoms with Crippen LogP contribution in [0.2, 0.25) is 0 Å². The van der Waals surface area contributed by atoms with Gasteiger partial charge in [0.1, 0.15) is 27.6 Å². The summed E-state index contributed by atoms with van der Waals surface area (Å²) in [6, 6.07) is 33.2. The molecule has 0 fully saturated rings. The van der Waals surface area contributed by atoms with Crippen molar-refractivity contribution in [3.8, 4) is 16.9 Å². The maximum atomic E-state index is 12.2. The third kappa shape index (κ3) is 9.82. The zero-order valence-electron chi connectivity index (χ0n) is 29.4. The summed E-state index contributed by atoms with van der Waals surface area (Å²) in [7, 11) is -4.63. The third-order valence-electron chi connectivity index (χ3n) is 7.96. The number of carboxylic acids is 1. The van der Waals surface area contributed by atoms with Gasteiger partial charge in [0.15, 0.2) is 0 Å². The fourth-order valence-electron chi connectivity index (χ4n) is 5.10. The van der Waals surface area contributed by atoms with Gasteiger partial charge in [-0.2, -0.15) is 28.9 Å². The quantitative estimate of drug-likeness (QED) is 0.0331. The first-order chi connectivity index (χ1) is 25.9. The number of aromatic carboxylic acids is 1. The summed E-state index contributed by atoms with van der Waals surface area (Å²) in [6.07, 6.45) is 0. The monoisotopic (exact) mass is 764 g/mol. The van der Waals surface area contributed by atoms with Crippen LogP contribution in [-0.4, -0.2) is 29.2 Å². The molecule has 0 aliphatic carbocycles. The molecule has 0 amide bonds. The van der Waals surface area contributed by atoms with Crippen LogP contribution >= 0.6 is 0 Å². The van der Waals surface area contributed by atoms with Crippen molar-refractivity contribution in [2.45, 2.75) is 11.8 Å². The van der Waals surface area contributed by atoms with Gasteiger partial charge in [-0.3, -0.25) is 4.55 Å². The topological polar surface area (TPSA) is 250 Å². The van der Waals surface area contributed by atoms with Crippen LogP contribution in [0.3, 0.4) is 0 Å². The van der Waals surface area contributed by atoms with E-state index in [0.717, 1.165) is 11.1 Å². The van der Waals surface area contributed by atoms with E-state index < -0.39 is 21.0 Å². The van der Waals surface area contributed by atoms with Gasteiger partial charge in [-0.1, -0.05) is 42.5 Å². The fourth-order valence-corrected chi connectivity index (χ4v) is 5.77. The molecule has 15 nitrogen and oxygen atoms in total. The molecule has 270 valence electrons. The molecule has 17 heteroatoms. The number of nitrogen functional groups attached to an aromatic ring is 2. The van der Waals surface area contributed by atoms with Crippen LogP contribution in [0, 0.1) is 6.92 Å². The van der Waals surface area contributed by atoms with E-state index in [9.17, 15) is 28.0 Å². The van der Waals surface area contributed by atoms with Crippen LogP contribution in [0.1, 0.15) is 15.9 Å². The van der Waals surface area contributed by atoms with Gasteiger partial charge in [0.25, 0.3) is 10.1 Å². The summed E-state index contributed by atoms with van der Waals surface area (Å²) in [5.41, 5.74) is 17.8. The molecule has 0 bridgehead atoms. The van der Waals surface area contributed by atoms with E-state index >= 15 is 0 Å². The molecular weight excluding hydrogens is 734 g/mol. The van der Waals surface area contributed by atoms with Crippen molar-refractivity contribution in [3.05, 3.63) is 132 Å². The first kappa shape index (κ1) is 39.9. The van der Waals surface area contributed by atoms with Crippen LogP contribution < -0.4 is 46.3 Å². The Morgan fingerprint density at radius 1 is 0.655 bits per heavy atom. The predicted molar refractivity (Wildman–Crippen MR) is 205 cm³/mol. The summed E-state index contributed by atoms with van der Waals surface area (Å²) in [6.45, 7) is 1.75. The Labute approximate surface area is 337 Å². The SMILES string of the molecule is Cc1cc(N=Nc2ccc(-c3ccc(N=Nc4ccc(O)c(C(=O)O)c4)cc3)cc2)c(N)c(N=Nc2ccc(Nc3ccccc3)c(S(=O)(=O)O)c2)c1N.[Na+]. The molecule has 0 aromatic heterocycles. The van der Waals surface area contributed by atoms with Crippen molar-refractivity contribution >= 4 is 73.0 Å². The van der Waals surface area contributed by atoms with E-state index in [4.69, 9.17) is 11.5 Å². The van der Waals surface area contributed by atoms with Crippen LogP contribution in [-0.2, 0) is 10.1 Å². The van der Waals surface area contributed by atoms with E-state index in [2.05, 4.69) is 36.0 Å². The smallest absolute Gasteiger partial charge is 0.507 e. The Morgan fingerprint density at radius 3 is 1.78 bits per heavy atom. The molecule has 0 saturated carbocycles. The molecule has 6 aromatic carbocycles. The number of benzene rings is 6. The van der Waals surface area contributed by atoms with Gasteiger partial charge in [-0.25, -0.2) is 4.79 Å². The number of hydrogen-bond acceptors (Lipinski definition) is 13. The number of aromatic hydroxyl groups is 1. The van der Waals surface area contributed by atoms with Gasteiger partial charge < -0.3 is 27.0 Å². The van der Waals surface area contributed by atoms with Crippen molar-refractivity contribution in [1.82, 2.24) is 0 Å². The first-order valence-corrected chi connectivity index (χ1v) is 17.4.